The number of nitriles is 1. The van der Waals surface area contributed by atoms with Crippen LogP contribution in [0.2, 0.25) is 5.02 Å². The number of hydrogen-bond donors (Lipinski definition) is 1. The highest BCUT2D eigenvalue weighted by molar-refractivity contribution is 6.33. The summed E-state index contributed by atoms with van der Waals surface area (Å²) < 4.78 is 10.4. The lowest BCUT2D eigenvalue weighted by Crippen LogP contribution is -2.13. The van der Waals surface area contributed by atoms with E-state index in [9.17, 15) is 14.9 Å². The van der Waals surface area contributed by atoms with Crippen LogP contribution in [-0.4, -0.2) is 19.0 Å². The van der Waals surface area contributed by atoms with Crippen molar-refractivity contribution in [2.24, 2.45) is 0 Å². The summed E-state index contributed by atoms with van der Waals surface area (Å²) in [7, 11) is 1.27. The third-order valence-electron chi connectivity index (χ3n) is 3.97. The molecule has 3 aromatic rings. The normalized spacial score (nSPS) is 10.9. The number of halogens is 1. The highest BCUT2D eigenvalue weighted by Crippen LogP contribution is 2.28. The van der Waals surface area contributed by atoms with Gasteiger partial charge in [0.1, 0.15) is 23.2 Å². The van der Waals surface area contributed by atoms with Crippen LogP contribution in [0.4, 0.5) is 5.69 Å². The topological polar surface area (TPSA) is 92.3 Å². The van der Waals surface area contributed by atoms with Crippen molar-refractivity contribution in [1.82, 2.24) is 0 Å². The molecule has 0 aliphatic heterocycles. The average molecular weight is 407 g/mol. The summed E-state index contributed by atoms with van der Waals surface area (Å²) in [5.74, 6) is -0.350. The van der Waals surface area contributed by atoms with E-state index in [4.69, 9.17) is 20.8 Å². The van der Waals surface area contributed by atoms with E-state index in [-0.39, 0.29) is 16.2 Å². The maximum atomic E-state index is 12.3. The molecule has 0 aliphatic carbocycles. The number of para-hydroxylation sites is 1. The highest BCUT2D eigenvalue weighted by atomic mass is 35.5. The molecule has 0 aliphatic rings. The van der Waals surface area contributed by atoms with Crippen LogP contribution in [0.15, 0.2) is 70.7 Å². The molecule has 0 fully saturated rings. The molecule has 144 valence electrons. The summed E-state index contributed by atoms with van der Waals surface area (Å²) >= 11 is 6.03. The first-order chi connectivity index (χ1) is 14.0. The fourth-order valence-corrected chi connectivity index (χ4v) is 2.74. The Morgan fingerprint density at radius 3 is 2.59 bits per heavy atom. The number of furan rings is 1. The van der Waals surface area contributed by atoms with Gasteiger partial charge >= 0.3 is 5.97 Å². The van der Waals surface area contributed by atoms with Crippen LogP contribution in [0.25, 0.3) is 17.4 Å². The summed E-state index contributed by atoms with van der Waals surface area (Å²) in [6, 6.07) is 18.8. The van der Waals surface area contributed by atoms with Gasteiger partial charge in [-0.1, -0.05) is 29.8 Å². The van der Waals surface area contributed by atoms with Crippen LogP contribution < -0.4 is 5.32 Å². The summed E-state index contributed by atoms with van der Waals surface area (Å²) in [4.78, 5) is 24.1. The number of rotatable bonds is 5. The molecular weight excluding hydrogens is 392 g/mol. The maximum absolute atomic E-state index is 12.3. The number of ether oxygens (including phenoxy) is 1. The molecule has 0 unspecified atom stereocenters. The molecule has 1 aromatic heterocycles. The predicted octanol–water partition coefficient (Wildman–Crippen LogP) is 4.93. The van der Waals surface area contributed by atoms with Gasteiger partial charge in [0.2, 0.25) is 0 Å². The van der Waals surface area contributed by atoms with Crippen molar-refractivity contribution >= 4 is 35.2 Å². The maximum Gasteiger partial charge on any atom is 0.339 e. The number of nitrogens with zero attached hydrogens (tertiary/aromatic N) is 1. The van der Waals surface area contributed by atoms with Crippen LogP contribution in [0.3, 0.4) is 0 Å². The fraction of sp³-hybridized carbons (Fsp3) is 0.0455. The number of anilines is 1. The largest absolute Gasteiger partial charge is 0.465 e. The molecule has 0 atom stereocenters. The molecule has 0 radical (unpaired) electrons. The molecule has 0 saturated carbocycles. The highest BCUT2D eigenvalue weighted by Gasteiger charge is 2.15. The van der Waals surface area contributed by atoms with Gasteiger partial charge in [-0.05, 0) is 42.5 Å². The number of nitrogens with one attached hydrogen (secondary N) is 1. The van der Waals surface area contributed by atoms with Crippen LogP contribution in [-0.2, 0) is 9.53 Å². The zero-order valence-corrected chi connectivity index (χ0v) is 16.1. The van der Waals surface area contributed by atoms with Gasteiger partial charge in [0.05, 0.1) is 17.7 Å². The van der Waals surface area contributed by atoms with Gasteiger partial charge in [-0.3, -0.25) is 4.79 Å². The van der Waals surface area contributed by atoms with E-state index < -0.39 is 11.9 Å². The Labute approximate surface area is 172 Å². The summed E-state index contributed by atoms with van der Waals surface area (Å²) in [5.41, 5.74) is 1.28. The Balaban J connectivity index is 1.84. The van der Waals surface area contributed by atoms with E-state index >= 15 is 0 Å². The molecule has 0 saturated heterocycles. The number of esters is 1. The monoisotopic (exact) mass is 406 g/mol. The van der Waals surface area contributed by atoms with Gasteiger partial charge in [-0.25, -0.2) is 4.79 Å². The summed E-state index contributed by atoms with van der Waals surface area (Å²) in [6.07, 6.45) is 1.35. The SMILES string of the molecule is COC(=O)c1cc(-c2ccc(C=C(C#N)C(=O)Nc3ccccc3)o2)ccc1Cl. The van der Waals surface area contributed by atoms with Crippen molar-refractivity contribution in [1.29, 1.82) is 5.26 Å². The second-order valence-electron chi connectivity index (χ2n) is 5.88. The smallest absolute Gasteiger partial charge is 0.339 e. The zero-order valence-electron chi connectivity index (χ0n) is 15.3. The first kappa shape index (κ1) is 19.9. The molecule has 6 nitrogen and oxygen atoms in total. The molecule has 1 amide bonds. The van der Waals surface area contributed by atoms with E-state index in [1.165, 1.54) is 13.2 Å². The molecule has 1 N–H and O–H groups in total. The number of carbonyl (C=O) groups excluding carboxylic acids is 2. The minimum atomic E-state index is -0.562. The van der Waals surface area contributed by atoms with E-state index in [0.717, 1.165) is 0 Å². The Bertz CT molecular complexity index is 1130. The van der Waals surface area contributed by atoms with E-state index in [0.29, 0.717) is 22.8 Å². The standard InChI is InChI=1S/C22H15ClN2O4/c1-28-22(27)18-12-14(7-9-19(18)23)20-10-8-17(29-20)11-15(13-24)21(26)25-16-5-3-2-4-6-16/h2-12H,1H3,(H,25,26). The Kier molecular flexibility index (Phi) is 6.12. The minimum absolute atomic E-state index is 0.110. The molecule has 7 heteroatoms. The van der Waals surface area contributed by atoms with E-state index in [2.05, 4.69) is 5.32 Å². The minimum Gasteiger partial charge on any atom is -0.465 e. The van der Waals surface area contributed by atoms with Crippen molar-refractivity contribution in [2.75, 3.05) is 12.4 Å². The molecule has 2 aromatic carbocycles. The molecule has 0 spiro atoms. The quantitative estimate of drug-likeness (QED) is 0.368. The van der Waals surface area contributed by atoms with Gasteiger partial charge < -0.3 is 14.5 Å². The first-order valence-electron chi connectivity index (χ1n) is 8.48. The number of hydrogen-bond acceptors (Lipinski definition) is 5. The predicted molar refractivity (Wildman–Crippen MR) is 109 cm³/mol. The molecule has 1 heterocycles. The van der Waals surface area contributed by atoms with Gasteiger partial charge in [-0.2, -0.15) is 5.26 Å². The van der Waals surface area contributed by atoms with Crippen LogP contribution >= 0.6 is 11.6 Å². The van der Waals surface area contributed by atoms with Crippen LogP contribution in [0, 0.1) is 11.3 Å². The van der Waals surface area contributed by atoms with Crippen LogP contribution in [0.5, 0.6) is 0 Å². The summed E-state index contributed by atoms with van der Waals surface area (Å²) in [5, 5.41) is 12.2. The van der Waals surface area contributed by atoms with Gasteiger partial charge in [0, 0.05) is 17.3 Å². The Hall–Kier alpha value is -3.82. The van der Waals surface area contributed by atoms with E-state index in [1.54, 1.807) is 54.6 Å². The third kappa shape index (κ3) is 4.72. The zero-order chi connectivity index (χ0) is 20.8. The number of carbonyl (C=O) groups is 2. The number of methoxy groups -OCH3 is 1. The van der Waals surface area contributed by atoms with Gasteiger partial charge in [0.15, 0.2) is 0 Å². The van der Waals surface area contributed by atoms with Crippen molar-refractivity contribution in [3.05, 3.63) is 82.6 Å². The Morgan fingerprint density at radius 2 is 1.90 bits per heavy atom. The van der Waals surface area contributed by atoms with Crippen molar-refractivity contribution in [3.63, 3.8) is 0 Å². The average Bonchev–Trinajstić information content (AvgIpc) is 3.21. The van der Waals surface area contributed by atoms with Crippen molar-refractivity contribution < 1.29 is 18.7 Å². The lowest BCUT2D eigenvalue weighted by molar-refractivity contribution is -0.112. The number of benzene rings is 2. The van der Waals surface area contributed by atoms with Gasteiger partial charge in [-0.15, -0.1) is 0 Å². The molecule has 0 bridgehead atoms. The van der Waals surface area contributed by atoms with Crippen molar-refractivity contribution in [3.8, 4) is 17.4 Å². The lowest BCUT2D eigenvalue weighted by Gasteiger charge is -2.04. The molecule has 29 heavy (non-hydrogen) atoms. The molecular formula is C22H15ClN2O4. The second-order valence-corrected chi connectivity index (χ2v) is 6.29. The second kappa shape index (κ2) is 8.91. The molecule has 3 rings (SSSR count). The fourth-order valence-electron chi connectivity index (χ4n) is 2.54. The van der Waals surface area contributed by atoms with Crippen LogP contribution in [0.1, 0.15) is 16.1 Å². The summed E-state index contributed by atoms with van der Waals surface area (Å²) in [6.45, 7) is 0. The third-order valence-corrected chi connectivity index (χ3v) is 4.30. The van der Waals surface area contributed by atoms with Gasteiger partial charge in [0.25, 0.3) is 5.91 Å². The van der Waals surface area contributed by atoms with Crippen molar-refractivity contribution in [2.45, 2.75) is 0 Å². The number of amides is 1. The Morgan fingerprint density at radius 1 is 1.14 bits per heavy atom. The lowest BCUT2D eigenvalue weighted by atomic mass is 10.1. The van der Waals surface area contributed by atoms with E-state index in [1.807, 2.05) is 12.1 Å². The first-order valence-corrected chi connectivity index (χ1v) is 8.86.